The highest BCUT2D eigenvalue weighted by Gasteiger charge is 2.06. The van der Waals surface area contributed by atoms with Crippen molar-refractivity contribution in [3.63, 3.8) is 0 Å². The molecular formula is C17H21N3O3. The molecule has 0 aliphatic carbocycles. The van der Waals surface area contributed by atoms with Crippen molar-refractivity contribution >= 4 is 5.91 Å². The molecule has 1 aromatic carbocycles. The van der Waals surface area contributed by atoms with Crippen LogP contribution in [0.25, 0.3) is 0 Å². The smallest absolute Gasteiger partial charge is 0.253 e. The molecule has 0 saturated heterocycles. The van der Waals surface area contributed by atoms with Gasteiger partial charge in [-0.25, -0.2) is 4.98 Å². The molecule has 23 heavy (non-hydrogen) atoms. The van der Waals surface area contributed by atoms with Crippen LogP contribution >= 0.6 is 0 Å². The number of hydrogen-bond donors (Lipinski definition) is 1. The zero-order chi connectivity index (χ0) is 16.7. The molecular weight excluding hydrogens is 294 g/mol. The van der Waals surface area contributed by atoms with Crippen molar-refractivity contribution in [2.24, 2.45) is 0 Å². The van der Waals surface area contributed by atoms with Crippen molar-refractivity contribution in [3.8, 4) is 5.75 Å². The normalized spacial score (nSPS) is 10.3. The molecule has 0 radical (unpaired) electrons. The molecule has 0 bridgehead atoms. The first-order valence-electron chi connectivity index (χ1n) is 7.57. The summed E-state index contributed by atoms with van der Waals surface area (Å²) in [6, 6.07) is 8.94. The molecule has 122 valence electrons. The average Bonchev–Trinajstić information content (AvgIpc) is 2.56. The van der Waals surface area contributed by atoms with Crippen LogP contribution in [-0.2, 0) is 24.3 Å². The Bertz CT molecular complexity index is 725. The summed E-state index contributed by atoms with van der Waals surface area (Å²) in [5.41, 5.74) is 1.48. The fraction of sp³-hybridized carbons (Fsp3) is 0.353. The second-order valence-electron chi connectivity index (χ2n) is 5.22. The monoisotopic (exact) mass is 315 g/mol. The number of aryl methyl sites for hydroxylation is 1. The second-order valence-corrected chi connectivity index (χ2v) is 5.22. The number of methoxy groups -OCH3 is 1. The minimum Gasteiger partial charge on any atom is -0.497 e. The van der Waals surface area contributed by atoms with Gasteiger partial charge in [-0.2, -0.15) is 0 Å². The number of benzene rings is 1. The fourth-order valence-electron chi connectivity index (χ4n) is 2.17. The summed E-state index contributed by atoms with van der Waals surface area (Å²) in [4.78, 5) is 28.1. The summed E-state index contributed by atoms with van der Waals surface area (Å²) in [7, 11) is 1.60. The first kappa shape index (κ1) is 16.7. The topological polar surface area (TPSA) is 73.2 Å². The number of aromatic nitrogens is 2. The Balaban J connectivity index is 1.93. The lowest BCUT2D eigenvalue weighted by Crippen LogP contribution is -2.32. The summed E-state index contributed by atoms with van der Waals surface area (Å²) in [5, 5.41) is 2.78. The molecule has 1 heterocycles. The summed E-state index contributed by atoms with van der Waals surface area (Å²) < 4.78 is 6.44. The van der Waals surface area contributed by atoms with E-state index in [1.54, 1.807) is 7.11 Å². The van der Waals surface area contributed by atoms with Crippen LogP contribution in [0.1, 0.15) is 24.6 Å². The number of nitrogens with one attached hydrogen (secondary N) is 1. The van der Waals surface area contributed by atoms with Crippen LogP contribution < -0.4 is 15.6 Å². The summed E-state index contributed by atoms with van der Waals surface area (Å²) in [5.74, 6) is 0.503. The first-order chi connectivity index (χ1) is 11.1. The molecule has 0 aliphatic rings. The van der Waals surface area contributed by atoms with Gasteiger partial charge in [0.25, 0.3) is 5.56 Å². The molecule has 1 amide bonds. The Morgan fingerprint density at radius 2 is 2.17 bits per heavy atom. The van der Waals surface area contributed by atoms with E-state index >= 15 is 0 Å². The standard InChI is InChI=1S/C17H21N3O3/c1-3-5-14-9-17(22)20(12-19-14)11-16(21)18-10-13-6-4-7-15(8-13)23-2/h4,6-9,12H,3,5,10-11H2,1-2H3,(H,18,21). The quantitative estimate of drug-likeness (QED) is 0.841. The van der Waals surface area contributed by atoms with Gasteiger partial charge in [0, 0.05) is 18.3 Å². The SMILES string of the molecule is CCCc1cc(=O)n(CC(=O)NCc2cccc(OC)c2)cn1. The van der Waals surface area contributed by atoms with Crippen molar-refractivity contribution in [2.75, 3.05) is 7.11 Å². The van der Waals surface area contributed by atoms with E-state index in [-0.39, 0.29) is 18.0 Å². The summed E-state index contributed by atoms with van der Waals surface area (Å²) >= 11 is 0. The molecule has 6 heteroatoms. The van der Waals surface area contributed by atoms with Gasteiger partial charge in [-0.3, -0.25) is 14.2 Å². The van der Waals surface area contributed by atoms with Crippen LogP contribution in [0.5, 0.6) is 5.75 Å². The van der Waals surface area contributed by atoms with Gasteiger partial charge in [0.15, 0.2) is 0 Å². The highest BCUT2D eigenvalue weighted by atomic mass is 16.5. The van der Waals surface area contributed by atoms with Gasteiger partial charge in [0.2, 0.25) is 5.91 Å². The van der Waals surface area contributed by atoms with E-state index in [2.05, 4.69) is 10.3 Å². The molecule has 0 fully saturated rings. The van der Waals surface area contributed by atoms with Crippen LogP contribution in [0, 0.1) is 0 Å². The Labute approximate surface area is 135 Å². The van der Waals surface area contributed by atoms with Crippen molar-refractivity contribution in [1.29, 1.82) is 0 Å². The Hall–Kier alpha value is -2.63. The third-order valence-corrected chi connectivity index (χ3v) is 3.38. The fourth-order valence-corrected chi connectivity index (χ4v) is 2.17. The number of amides is 1. The molecule has 6 nitrogen and oxygen atoms in total. The highest BCUT2D eigenvalue weighted by Crippen LogP contribution is 2.12. The van der Waals surface area contributed by atoms with Crippen LogP contribution in [0.3, 0.4) is 0 Å². The van der Waals surface area contributed by atoms with Gasteiger partial charge in [0.1, 0.15) is 12.3 Å². The summed E-state index contributed by atoms with van der Waals surface area (Å²) in [6.07, 6.45) is 3.12. The van der Waals surface area contributed by atoms with Gasteiger partial charge >= 0.3 is 0 Å². The maximum atomic E-state index is 12.0. The largest absolute Gasteiger partial charge is 0.497 e. The van der Waals surface area contributed by atoms with Crippen molar-refractivity contribution in [3.05, 3.63) is 58.3 Å². The minimum absolute atomic E-state index is 0.0395. The van der Waals surface area contributed by atoms with Crippen LogP contribution in [0.4, 0.5) is 0 Å². The van der Waals surface area contributed by atoms with Gasteiger partial charge in [0.05, 0.1) is 13.4 Å². The van der Waals surface area contributed by atoms with Crippen molar-refractivity contribution in [2.45, 2.75) is 32.9 Å². The zero-order valence-corrected chi connectivity index (χ0v) is 13.4. The Morgan fingerprint density at radius 3 is 2.87 bits per heavy atom. The van der Waals surface area contributed by atoms with E-state index in [4.69, 9.17) is 4.74 Å². The molecule has 1 N–H and O–H groups in total. The van der Waals surface area contributed by atoms with Gasteiger partial charge < -0.3 is 10.1 Å². The molecule has 2 aromatic rings. The van der Waals surface area contributed by atoms with Crippen molar-refractivity contribution < 1.29 is 9.53 Å². The second kappa shape index (κ2) is 8.12. The van der Waals surface area contributed by atoms with Crippen LogP contribution in [-0.4, -0.2) is 22.6 Å². The lowest BCUT2D eigenvalue weighted by atomic mass is 10.2. The van der Waals surface area contributed by atoms with E-state index in [9.17, 15) is 9.59 Å². The number of carbonyl (C=O) groups is 1. The van der Waals surface area contributed by atoms with Gasteiger partial charge in [-0.1, -0.05) is 25.5 Å². The van der Waals surface area contributed by atoms with Crippen LogP contribution in [0.2, 0.25) is 0 Å². The molecule has 0 saturated carbocycles. The molecule has 1 aromatic heterocycles. The minimum atomic E-state index is -0.236. The van der Waals surface area contributed by atoms with E-state index in [1.165, 1.54) is 17.0 Å². The summed E-state index contributed by atoms with van der Waals surface area (Å²) in [6.45, 7) is 2.37. The maximum absolute atomic E-state index is 12.0. The van der Waals surface area contributed by atoms with Crippen molar-refractivity contribution in [1.82, 2.24) is 14.9 Å². The Morgan fingerprint density at radius 1 is 1.35 bits per heavy atom. The number of rotatable bonds is 7. The maximum Gasteiger partial charge on any atom is 0.253 e. The third-order valence-electron chi connectivity index (χ3n) is 3.38. The van der Waals surface area contributed by atoms with E-state index in [0.29, 0.717) is 6.54 Å². The van der Waals surface area contributed by atoms with Crippen LogP contribution in [0.15, 0.2) is 41.5 Å². The van der Waals surface area contributed by atoms with Gasteiger partial charge in [-0.15, -0.1) is 0 Å². The lowest BCUT2D eigenvalue weighted by molar-refractivity contribution is -0.121. The number of ether oxygens (including phenoxy) is 1. The molecule has 2 rings (SSSR count). The number of carbonyl (C=O) groups excluding carboxylic acids is 1. The predicted molar refractivity (Wildman–Crippen MR) is 87.3 cm³/mol. The van der Waals surface area contributed by atoms with E-state index in [1.807, 2.05) is 31.2 Å². The van der Waals surface area contributed by atoms with E-state index in [0.717, 1.165) is 29.8 Å². The average molecular weight is 315 g/mol. The van der Waals surface area contributed by atoms with E-state index < -0.39 is 0 Å². The molecule has 0 atom stereocenters. The third kappa shape index (κ3) is 4.95. The Kier molecular flexibility index (Phi) is 5.91. The zero-order valence-electron chi connectivity index (χ0n) is 13.4. The molecule has 0 spiro atoms. The number of nitrogens with zero attached hydrogens (tertiary/aromatic N) is 2. The van der Waals surface area contributed by atoms with Gasteiger partial charge in [-0.05, 0) is 24.1 Å². The molecule has 0 aliphatic heterocycles. The predicted octanol–water partition coefficient (Wildman–Crippen LogP) is 1.52. The highest BCUT2D eigenvalue weighted by molar-refractivity contribution is 5.75. The number of hydrogen-bond acceptors (Lipinski definition) is 4. The molecule has 0 unspecified atom stereocenters. The lowest BCUT2D eigenvalue weighted by Gasteiger charge is -2.08. The first-order valence-corrected chi connectivity index (χ1v) is 7.57.